The number of aliphatic carboxylic acids is 1. The van der Waals surface area contributed by atoms with Gasteiger partial charge in [-0.3, -0.25) is 9.69 Å². The number of likely N-dealkylation sites (tertiary alicyclic amines) is 1. The predicted octanol–water partition coefficient (Wildman–Crippen LogP) is 6.27. The van der Waals surface area contributed by atoms with Gasteiger partial charge in [-0.2, -0.15) is 26.3 Å². The minimum absolute atomic E-state index is 0.107. The maximum atomic E-state index is 15.0. The Morgan fingerprint density at radius 3 is 2.09 bits per heavy atom. The quantitative estimate of drug-likeness (QED) is 0.314. The topological polar surface area (TPSA) is 113 Å². The van der Waals surface area contributed by atoms with Crippen molar-refractivity contribution in [2.75, 3.05) is 13.1 Å². The molecule has 17 heteroatoms. The summed E-state index contributed by atoms with van der Waals surface area (Å²) in [7, 11) is -3.79. The largest absolute Gasteiger partial charge is 0.490 e. The number of benzene rings is 2. The molecule has 8 nitrogen and oxygen atoms in total. The molecule has 0 aromatic heterocycles. The number of hydrogen-bond acceptors (Lipinski definition) is 6. The Balaban J connectivity index is 0.000000591. The molecule has 1 amide bonds. The van der Waals surface area contributed by atoms with Crippen LogP contribution in [0.5, 0.6) is 5.75 Å². The number of nitrogens with zero attached hydrogens (tertiary/aromatic N) is 1. The van der Waals surface area contributed by atoms with Crippen molar-refractivity contribution in [1.29, 1.82) is 0 Å². The van der Waals surface area contributed by atoms with E-state index in [1.807, 2.05) is 4.72 Å². The number of ether oxygens (including phenoxy) is 1. The normalized spacial score (nSPS) is 18.1. The van der Waals surface area contributed by atoms with Crippen molar-refractivity contribution < 1.29 is 58.6 Å². The predicted molar refractivity (Wildman–Crippen MR) is 147 cm³/mol. The van der Waals surface area contributed by atoms with E-state index in [1.54, 1.807) is 0 Å². The third-order valence-electron chi connectivity index (χ3n) is 7.41. The molecule has 3 fully saturated rings. The molecule has 2 N–H and O–H groups in total. The maximum Gasteiger partial charge on any atom is 0.490 e. The van der Waals surface area contributed by atoms with E-state index < -0.39 is 50.9 Å². The third-order valence-corrected chi connectivity index (χ3v) is 9.55. The van der Waals surface area contributed by atoms with Crippen molar-refractivity contribution in [3.63, 3.8) is 0 Å². The van der Waals surface area contributed by atoms with Gasteiger partial charge in [0, 0.05) is 19.6 Å². The summed E-state index contributed by atoms with van der Waals surface area (Å²) in [6.45, 7) is 1.63. The van der Waals surface area contributed by atoms with Gasteiger partial charge < -0.3 is 9.84 Å². The Labute approximate surface area is 258 Å². The Morgan fingerprint density at radius 1 is 0.978 bits per heavy atom. The molecule has 2 aromatic rings. The van der Waals surface area contributed by atoms with Gasteiger partial charge in [-0.25, -0.2) is 22.3 Å². The number of alkyl halides is 6. The average Bonchev–Trinajstić information content (AvgIpc) is 3.83. The first-order valence-corrected chi connectivity index (χ1v) is 15.7. The highest BCUT2D eigenvalue weighted by Crippen LogP contribution is 2.43. The van der Waals surface area contributed by atoms with Crippen LogP contribution in [0.15, 0.2) is 30.3 Å². The van der Waals surface area contributed by atoms with Crippen LogP contribution in [0.1, 0.15) is 71.5 Å². The first-order valence-electron chi connectivity index (χ1n) is 13.8. The zero-order chi connectivity index (χ0) is 33.3. The molecule has 2 aromatic carbocycles. The molecule has 1 heterocycles. The molecule has 1 aliphatic heterocycles. The van der Waals surface area contributed by atoms with Gasteiger partial charge in [0.15, 0.2) is 0 Å². The summed E-state index contributed by atoms with van der Waals surface area (Å²) >= 11 is 5.68. The molecule has 2 aliphatic carbocycles. The Morgan fingerprint density at radius 2 is 1.58 bits per heavy atom. The van der Waals surface area contributed by atoms with E-state index in [0.29, 0.717) is 45.3 Å². The van der Waals surface area contributed by atoms with Crippen molar-refractivity contribution in [2.24, 2.45) is 0 Å². The van der Waals surface area contributed by atoms with Crippen molar-refractivity contribution in [1.82, 2.24) is 9.62 Å². The summed E-state index contributed by atoms with van der Waals surface area (Å²) in [6.07, 6.45) is -5.96. The second kappa shape index (κ2) is 13.3. The number of hydrogen-bond donors (Lipinski definition) is 2. The van der Waals surface area contributed by atoms with Crippen LogP contribution in [0.2, 0.25) is 5.02 Å². The summed E-state index contributed by atoms with van der Waals surface area (Å²) in [4.78, 5) is 23.6. The molecule has 45 heavy (non-hydrogen) atoms. The highest BCUT2D eigenvalue weighted by Gasteiger charge is 2.39. The van der Waals surface area contributed by atoms with Crippen LogP contribution in [-0.2, 0) is 27.5 Å². The first-order chi connectivity index (χ1) is 20.8. The smallest absolute Gasteiger partial charge is 0.490 e. The first kappa shape index (κ1) is 34.8. The van der Waals surface area contributed by atoms with Crippen molar-refractivity contribution in [3.05, 3.63) is 63.4 Å². The van der Waals surface area contributed by atoms with E-state index in [-0.39, 0.29) is 28.4 Å². The number of amides is 1. The van der Waals surface area contributed by atoms with Gasteiger partial charge in [0.25, 0.3) is 5.91 Å². The average molecular weight is 689 g/mol. The number of sulfonamides is 1. The lowest BCUT2D eigenvalue weighted by Crippen LogP contribution is -2.38. The fourth-order valence-corrected chi connectivity index (χ4v) is 6.29. The van der Waals surface area contributed by atoms with Crippen LogP contribution in [0, 0.1) is 5.82 Å². The van der Waals surface area contributed by atoms with E-state index in [4.69, 9.17) is 26.2 Å². The Kier molecular flexibility index (Phi) is 10.3. The molecule has 0 atom stereocenters. The number of carboxylic acid groups (broad SMARTS) is 1. The monoisotopic (exact) mass is 688 g/mol. The second-order valence-electron chi connectivity index (χ2n) is 11.0. The van der Waals surface area contributed by atoms with Crippen LogP contribution < -0.4 is 9.46 Å². The number of carbonyl (C=O) groups is 2. The number of nitrogens with one attached hydrogen (secondary N) is 1. The fourth-order valence-electron chi connectivity index (χ4n) is 4.78. The molecule has 2 saturated carbocycles. The Hall–Kier alpha value is -3.11. The number of halogens is 8. The Bertz CT molecular complexity index is 1540. The lowest BCUT2D eigenvalue weighted by Gasteiger charge is -2.33. The van der Waals surface area contributed by atoms with Crippen LogP contribution in [0.3, 0.4) is 0 Å². The van der Waals surface area contributed by atoms with Gasteiger partial charge in [0.1, 0.15) is 17.7 Å². The molecule has 1 saturated heterocycles. The minimum Gasteiger partial charge on any atom is -0.490 e. The molecule has 248 valence electrons. The highest BCUT2D eigenvalue weighted by molar-refractivity contribution is 7.91. The molecule has 5 rings (SSSR count). The van der Waals surface area contributed by atoms with E-state index in [1.165, 1.54) is 24.3 Å². The summed E-state index contributed by atoms with van der Waals surface area (Å²) in [5.74, 6) is -4.17. The molecule has 0 unspecified atom stereocenters. The number of carboxylic acids is 1. The van der Waals surface area contributed by atoms with Crippen molar-refractivity contribution in [2.45, 2.75) is 74.7 Å². The lowest BCUT2D eigenvalue weighted by atomic mass is 9.97. The number of rotatable bonds is 8. The molecule has 0 bridgehead atoms. The summed E-state index contributed by atoms with van der Waals surface area (Å²) in [5.41, 5.74) is 0.386. The molecule has 3 aliphatic rings. The standard InChI is InChI=1S/C26H27ClF4N2O4S.C2HF3O2/c27-23-6-3-18(12-22(23)26(29,30)31)37-17-7-9-33(10-8-17)14-16-11-24(28)21(13-20(16)15-1-2-15)25(34)32-38(35,36)19-4-5-19;3-2(4,5)1(6)7/h3,6,11-13,15,17,19H,1-2,4-5,7-10,14H2,(H,32,34);(H,6,7). The molecular formula is C28H28ClF7N2O6S. The van der Waals surface area contributed by atoms with Gasteiger partial charge in [0.05, 0.1) is 21.4 Å². The van der Waals surface area contributed by atoms with Crippen LogP contribution >= 0.6 is 11.6 Å². The van der Waals surface area contributed by atoms with E-state index in [9.17, 15) is 43.9 Å². The van der Waals surface area contributed by atoms with Gasteiger partial charge >= 0.3 is 18.3 Å². The zero-order valence-electron chi connectivity index (χ0n) is 23.4. The molecule has 0 spiro atoms. The van der Waals surface area contributed by atoms with Gasteiger partial charge in [0.2, 0.25) is 10.0 Å². The maximum absolute atomic E-state index is 15.0. The highest BCUT2D eigenvalue weighted by atomic mass is 35.5. The van der Waals surface area contributed by atoms with E-state index >= 15 is 0 Å². The molecule has 0 radical (unpaired) electrons. The molecular weight excluding hydrogens is 661 g/mol. The van der Waals surface area contributed by atoms with E-state index in [2.05, 4.69) is 4.90 Å². The van der Waals surface area contributed by atoms with Gasteiger partial charge in [-0.05, 0) is 85.9 Å². The minimum atomic E-state index is -5.08. The van der Waals surface area contributed by atoms with Gasteiger partial charge in [-0.1, -0.05) is 11.6 Å². The third kappa shape index (κ3) is 9.45. The fraction of sp³-hybridized carbons (Fsp3) is 0.500. The van der Waals surface area contributed by atoms with Crippen molar-refractivity contribution >= 4 is 33.5 Å². The zero-order valence-corrected chi connectivity index (χ0v) is 24.9. The van der Waals surface area contributed by atoms with Gasteiger partial charge in [-0.15, -0.1) is 0 Å². The van der Waals surface area contributed by atoms with Crippen LogP contribution in [0.4, 0.5) is 30.7 Å². The van der Waals surface area contributed by atoms with Crippen LogP contribution in [0.25, 0.3) is 0 Å². The SMILES string of the molecule is O=C(NS(=O)(=O)C1CC1)c1cc(C2CC2)c(CN2CCC(Oc3ccc(Cl)c(C(F)(F)F)c3)CC2)cc1F.O=C(O)C(F)(F)F. The van der Waals surface area contributed by atoms with Crippen molar-refractivity contribution in [3.8, 4) is 5.75 Å². The second-order valence-corrected chi connectivity index (χ2v) is 13.4. The summed E-state index contributed by atoms with van der Waals surface area (Å²) in [5, 5.41) is 6.15. The van der Waals surface area contributed by atoms with E-state index in [0.717, 1.165) is 30.0 Å². The lowest BCUT2D eigenvalue weighted by molar-refractivity contribution is -0.192. The van der Waals surface area contributed by atoms with Crippen LogP contribution in [-0.4, -0.2) is 60.9 Å². The number of piperidine rings is 1. The number of carbonyl (C=O) groups excluding carboxylic acids is 1. The summed E-state index contributed by atoms with van der Waals surface area (Å²) < 4.78 is 118. The summed E-state index contributed by atoms with van der Waals surface area (Å²) in [6, 6.07) is 6.30.